The van der Waals surface area contributed by atoms with E-state index in [0.29, 0.717) is 5.57 Å². The molecule has 0 saturated heterocycles. The molecule has 0 fully saturated rings. The second-order valence-electron chi connectivity index (χ2n) is 5.87. The molecule has 2 heterocycles. The van der Waals surface area contributed by atoms with Crippen LogP contribution in [-0.4, -0.2) is 31.9 Å². The normalized spacial score (nSPS) is 9.42. The van der Waals surface area contributed by atoms with E-state index in [1.54, 1.807) is 19.1 Å². The largest absolute Gasteiger partial charge is 0.512 e. The van der Waals surface area contributed by atoms with Gasteiger partial charge >= 0.3 is 5.97 Å². The Morgan fingerprint density at radius 3 is 1.45 bits per heavy atom. The first kappa shape index (κ1) is 31.4. The maximum absolute atomic E-state index is 10.4. The van der Waals surface area contributed by atoms with Crippen LogP contribution >= 0.6 is 0 Å². The van der Waals surface area contributed by atoms with E-state index >= 15 is 0 Å². The molecular weight excluding hydrogens is 416 g/mol. The molecule has 0 bridgehead atoms. The average molecular weight is 453 g/mol. The highest BCUT2D eigenvalue weighted by molar-refractivity contribution is 5.92. The third-order valence-electron chi connectivity index (χ3n) is 3.69. The zero-order valence-corrected chi connectivity index (χ0v) is 20.6. The second-order valence-corrected chi connectivity index (χ2v) is 5.87. The van der Waals surface area contributed by atoms with Crippen LogP contribution in [0, 0.1) is 0 Å². The summed E-state index contributed by atoms with van der Waals surface area (Å²) in [5.41, 5.74) is 2.71. The van der Waals surface area contributed by atoms with Gasteiger partial charge in [0, 0.05) is 23.5 Å². The molecule has 3 rings (SSSR count). The summed E-state index contributed by atoms with van der Waals surface area (Å²) in [6.45, 7) is 12.5. The number of carbonyl (C=O) groups is 2. The molecule has 6 heteroatoms. The van der Waals surface area contributed by atoms with Gasteiger partial charge in [-0.15, -0.1) is 0 Å². The minimum Gasteiger partial charge on any atom is -0.512 e. The Morgan fingerprint density at radius 2 is 1.15 bits per heavy atom. The number of pyridine rings is 2. The van der Waals surface area contributed by atoms with Crippen molar-refractivity contribution in [3.63, 3.8) is 0 Å². The summed E-state index contributed by atoms with van der Waals surface area (Å²) in [4.78, 5) is 28.3. The fourth-order valence-electron chi connectivity index (χ4n) is 1.89. The van der Waals surface area contributed by atoms with Gasteiger partial charge in [-0.25, -0.2) is 9.78 Å². The second kappa shape index (κ2) is 20.1. The maximum Gasteiger partial charge on any atom is 0.354 e. The SMILES string of the molecule is CC.CC.CC(=O)/C(C)=C(/C)O.O=C(O)c1ccccn1.c1ccc(-c2ccccn2)cc1. The van der Waals surface area contributed by atoms with E-state index in [1.165, 1.54) is 26.1 Å². The van der Waals surface area contributed by atoms with E-state index in [1.807, 2.05) is 70.3 Å². The molecule has 6 nitrogen and oxygen atoms in total. The molecule has 0 unspecified atom stereocenters. The number of Topliss-reactive ketones (excluding diaryl/α,β-unsaturated/α-hetero) is 1. The molecular formula is C27H36N2O4. The van der Waals surface area contributed by atoms with Crippen molar-refractivity contribution in [3.8, 4) is 11.3 Å². The van der Waals surface area contributed by atoms with Crippen molar-refractivity contribution in [1.82, 2.24) is 9.97 Å². The van der Waals surface area contributed by atoms with Gasteiger partial charge in [-0.05, 0) is 45.0 Å². The molecule has 2 N–H and O–H groups in total. The minimum absolute atomic E-state index is 0.0787. The smallest absolute Gasteiger partial charge is 0.354 e. The number of rotatable bonds is 3. The van der Waals surface area contributed by atoms with E-state index in [4.69, 9.17) is 10.2 Å². The molecule has 0 spiro atoms. The Kier molecular flexibility index (Phi) is 19.1. The van der Waals surface area contributed by atoms with Gasteiger partial charge in [0.1, 0.15) is 5.69 Å². The molecule has 0 amide bonds. The molecule has 1 aromatic carbocycles. The Hall–Kier alpha value is -3.80. The van der Waals surface area contributed by atoms with Crippen LogP contribution in [0.4, 0.5) is 0 Å². The van der Waals surface area contributed by atoms with Crippen LogP contribution in [-0.2, 0) is 4.79 Å². The number of aromatic carboxylic acids is 1. The topological polar surface area (TPSA) is 100 Å². The van der Waals surface area contributed by atoms with Gasteiger partial charge in [0.2, 0.25) is 0 Å². The lowest BCUT2D eigenvalue weighted by Crippen LogP contribution is -1.97. The minimum atomic E-state index is -0.990. The third-order valence-corrected chi connectivity index (χ3v) is 3.69. The van der Waals surface area contributed by atoms with Gasteiger partial charge in [0.15, 0.2) is 5.78 Å². The van der Waals surface area contributed by atoms with Crippen LogP contribution in [0.25, 0.3) is 11.3 Å². The fraction of sp³-hybridized carbons (Fsp3) is 0.259. The Bertz CT molecular complexity index is 885. The molecule has 0 aliphatic rings. The number of hydrogen-bond donors (Lipinski definition) is 2. The van der Waals surface area contributed by atoms with E-state index < -0.39 is 5.97 Å². The van der Waals surface area contributed by atoms with Crippen LogP contribution in [0.1, 0.15) is 59.0 Å². The van der Waals surface area contributed by atoms with Gasteiger partial charge in [0.25, 0.3) is 0 Å². The average Bonchev–Trinajstić information content (AvgIpc) is 2.88. The fourth-order valence-corrected chi connectivity index (χ4v) is 1.89. The number of ketones is 1. The van der Waals surface area contributed by atoms with Crippen molar-refractivity contribution in [3.05, 3.63) is 96.1 Å². The van der Waals surface area contributed by atoms with Gasteiger partial charge in [-0.2, -0.15) is 0 Å². The van der Waals surface area contributed by atoms with Gasteiger partial charge < -0.3 is 10.2 Å². The van der Waals surface area contributed by atoms with Crippen molar-refractivity contribution >= 4 is 11.8 Å². The highest BCUT2D eigenvalue weighted by Crippen LogP contribution is 2.14. The Morgan fingerprint density at radius 1 is 0.667 bits per heavy atom. The van der Waals surface area contributed by atoms with Gasteiger partial charge in [0.05, 0.1) is 11.5 Å². The predicted molar refractivity (Wildman–Crippen MR) is 135 cm³/mol. The zero-order valence-electron chi connectivity index (χ0n) is 20.6. The van der Waals surface area contributed by atoms with E-state index in [-0.39, 0.29) is 17.2 Å². The van der Waals surface area contributed by atoms with Crippen LogP contribution in [0.15, 0.2) is 90.5 Å². The monoisotopic (exact) mass is 452 g/mol. The first-order chi connectivity index (χ1) is 15.8. The number of benzene rings is 1. The summed E-state index contributed by atoms with van der Waals surface area (Å²) in [5, 5.41) is 17.0. The summed E-state index contributed by atoms with van der Waals surface area (Å²) < 4.78 is 0. The summed E-state index contributed by atoms with van der Waals surface area (Å²) in [7, 11) is 0. The van der Waals surface area contributed by atoms with Crippen molar-refractivity contribution < 1.29 is 19.8 Å². The highest BCUT2D eigenvalue weighted by atomic mass is 16.4. The number of carboxylic acids is 1. The van der Waals surface area contributed by atoms with Crippen molar-refractivity contribution in [2.75, 3.05) is 0 Å². The van der Waals surface area contributed by atoms with Crippen LogP contribution in [0.3, 0.4) is 0 Å². The molecule has 0 aliphatic carbocycles. The lowest BCUT2D eigenvalue weighted by molar-refractivity contribution is -0.113. The summed E-state index contributed by atoms with van der Waals surface area (Å²) in [6, 6.07) is 20.8. The summed E-state index contributed by atoms with van der Waals surface area (Å²) >= 11 is 0. The Balaban J connectivity index is 0. The molecule has 33 heavy (non-hydrogen) atoms. The predicted octanol–water partition coefficient (Wildman–Crippen LogP) is 7.01. The number of carbonyl (C=O) groups excluding carboxylic acids is 1. The molecule has 0 atom stereocenters. The quantitative estimate of drug-likeness (QED) is 0.327. The molecule has 178 valence electrons. The van der Waals surface area contributed by atoms with Crippen LogP contribution < -0.4 is 0 Å². The first-order valence-corrected chi connectivity index (χ1v) is 10.8. The molecule has 2 aromatic heterocycles. The van der Waals surface area contributed by atoms with Crippen molar-refractivity contribution in [2.24, 2.45) is 0 Å². The van der Waals surface area contributed by atoms with Gasteiger partial charge in [-0.1, -0.05) is 70.2 Å². The number of carboxylic acid groups (broad SMARTS) is 1. The summed E-state index contributed by atoms with van der Waals surface area (Å²) in [6.07, 6.45) is 3.26. The van der Waals surface area contributed by atoms with Crippen molar-refractivity contribution in [2.45, 2.75) is 48.5 Å². The standard InChI is InChI=1S/C11H9N.C6H5NO2.C6H10O2.2C2H6/c1-2-6-10(7-3-1)11-8-4-5-9-12-11;8-6(9)5-3-1-2-4-7-5;1-4(5(2)7)6(3)8;2*1-2/h1-9H;1-4H,(H,8,9);7H,1-3H3;2*1-2H3/b;;5-4-;;. The first-order valence-electron chi connectivity index (χ1n) is 10.8. The summed E-state index contributed by atoms with van der Waals surface area (Å²) in [5.74, 6) is -0.960. The van der Waals surface area contributed by atoms with Crippen LogP contribution in [0.5, 0.6) is 0 Å². The molecule has 0 saturated carbocycles. The van der Waals surface area contributed by atoms with Crippen LogP contribution in [0.2, 0.25) is 0 Å². The van der Waals surface area contributed by atoms with Gasteiger partial charge in [-0.3, -0.25) is 9.78 Å². The van der Waals surface area contributed by atoms with Crippen molar-refractivity contribution in [1.29, 1.82) is 0 Å². The number of nitrogens with zero attached hydrogens (tertiary/aromatic N) is 2. The zero-order chi connectivity index (χ0) is 25.6. The lowest BCUT2D eigenvalue weighted by atomic mass is 10.1. The van der Waals surface area contributed by atoms with E-state index in [2.05, 4.69) is 22.1 Å². The molecule has 0 aliphatic heterocycles. The number of aliphatic hydroxyl groups excluding tert-OH is 1. The third kappa shape index (κ3) is 14.8. The number of aromatic nitrogens is 2. The number of hydrogen-bond acceptors (Lipinski definition) is 5. The number of allylic oxidation sites excluding steroid dienone is 2. The molecule has 0 radical (unpaired) electrons. The maximum atomic E-state index is 10.4. The van der Waals surface area contributed by atoms with E-state index in [9.17, 15) is 9.59 Å². The highest BCUT2D eigenvalue weighted by Gasteiger charge is 1.99. The lowest BCUT2D eigenvalue weighted by Gasteiger charge is -1.97. The van der Waals surface area contributed by atoms with E-state index in [0.717, 1.165) is 11.3 Å². The Labute approximate surface area is 197 Å². The number of aliphatic hydroxyl groups is 1. The molecule has 3 aromatic rings.